The van der Waals surface area contributed by atoms with Gasteiger partial charge in [-0.05, 0) is 64.2 Å². The first-order chi connectivity index (χ1) is 13.7. The number of fused-ring (bicyclic) bond motifs is 3. The van der Waals surface area contributed by atoms with E-state index in [4.69, 9.17) is 13.9 Å². The average Bonchev–Trinajstić information content (AvgIpc) is 3.10. The number of hydrogen-bond acceptors (Lipinski definition) is 6. The molecule has 0 saturated carbocycles. The number of amides is 1. The van der Waals surface area contributed by atoms with Gasteiger partial charge in [0.1, 0.15) is 23.0 Å². The minimum Gasteiger partial charge on any atom is -0.444 e. The quantitative estimate of drug-likeness (QED) is 0.464. The molecule has 0 fully saturated rings. The maximum atomic E-state index is 12.6. The van der Waals surface area contributed by atoms with Crippen LogP contribution in [-0.2, 0) is 22.4 Å². The van der Waals surface area contributed by atoms with E-state index in [2.05, 4.69) is 5.32 Å². The van der Waals surface area contributed by atoms with Crippen molar-refractivity contribution in [2.45, 2.75) is 71.4 Å². The molecule has 1 N–H and O–H groups in total. The van der Waals surface area contributed by atoms with E-state index in [-0.39, 0.29) is 11.4 Å². The van der Waals surface area contributed by atoms with Crippen LogP contribution in [0.15, 0.2) is 27.4 Å². The highest BCUT2D eigenvalue weighted by molar-refractivity contribution is 5.86. The van der Waals surface area contributed by atoms with E-state index in [0.717, 1.165) is 35.8 Å². The molecule has 156 valence electrons. The van der Waals surface area contributed by atoms with Gasteiger partial charge in [-0.15, -0.1) is 0 Å². The fourth-order valence-corrected chi connectivity index (χ4v) is 3.50. The molecule has 0 bridgehead atoms. The van der Waals surface area contributed by atoms with Gasteiger partial charge in [0.15, 0.2) is 0 Å². The van der Waals surface area contributed by atoms with Crippen LogP contribution in [0.1, 0.15) is 58.1 Å². The monoisotopic (exact) mass is 401 g/mol. The van der Waals surface area contributed by atoms with Gasteiger partial charge in [0.05, 0.1) is 0 Å². The lowest BCUT2D eigenvalue weighted by Crippen LogP contribution is -2.45. The number of carbonyl (C=O) groups is 2. The van der Waals surface area contributed by atoms with Crippen LogP contribution in [0.2, 0.25) is 0 Å². The van der Waals surface area contributed by atoms with Gasteiger partial charge in [0, 0.05) is 17.0 Å². The summed E-state index contributed by atoms with van der Waals surface area (Å²) in [6.07, 6.45) is 2.93. The Hall–Kier alpha value is -2.83. The largest absolute Gasteiger partial charge is 0.444 e. The number of ether oxygens (including phenoxy) is 2. The molecule has 1 heterocycles. The van der Waals surface area contributed by atoms with Gasteiger partial charge in [0.25, 0.3) is 0 Å². The maximum Gasteiger partial charge on any atom is 0.408 e. The number of aryl methyl sites for hydroxylation is 1. The third kappa shape index (κ3) is 4.96. The van der Waals surface area contributed by atoms with E-state index in [9.17, 15) is 14.4 Å². The zero-order valence-electron chi connectivity index (χ0n) is 17.3. The minimum absolute atomic E-state index is 0.260. The van der Waals surface area contributed by atoms with Gasteiger partial charge in [-0.3, -0.25) is 0 Å². The summed E-state index contributed by atoms with van der Waals surface area (Å²) in [4.78, 5) is 36.8. The number of hydrogen-bond donors (Lipinski definition) is 1. The lowest BCUT2D eigenvalue weighted by atomic mass is 10.1. The number of carbonyl (C=O) groups excluding carboxylic acids is 2. The number of nitrogens with one attached hydrogen (secondary N) is 1. The first kappa shape index (κ1) is 20.9. The van der Waals surface area contributed by atoms with E-state index in [1.807, 2.05) is 6.92 Å². The zero-order chi connectivity index (χ0) is 21.2. The van der Waals surface area contributed by atoms with Crippen molar-refractivity contribution >= 4 is 23.0 Å². The van der Waals surface area contributed by atoms with Gasteiger partial charge >= 0.3 is 17.7 Å². The Morgan fingerprint density at radius 1 is 1.21 bits per heavy atom. The molecule has 1 aliphatic rings. The van der Waals surface area contributed by atoms with Crippen LogP contribution in [0.5, 0.6) is 5.75 Å². The molecule has 1 aliphatic carbocycles. The molecule has 7 nitrogen and oxygen atoms in total. The Labute approximate surface area is 169 Å². The molecule has 0 aliphatic heterocycles. The molecule has 0 radical (unpaired) electrons. The highest BCUT2D eigenvalue weighted by Crippen LogP contribution is 2.29. The van der Waals surface area contributed by atoms with Crippen LogP contribution in [0.4, 0.5) is 4.79 Å². The van der Waals surface area contributed by atoms with Crippen LogP contribution in [0, 0.1) is 0 Å². The summed E-state index contributed by atoms with van der Waals surface area (Å²) in [6.45, 7) is 7.15. The van der Waals surface area contributed by atoms with E-state index < -0.39 is 23.7 Å². The van der Waals surface area contributed by atoms with E-state index in [0.29, 0.717) is 18.4 Å². The number of benzene rings is 1. The molecule has 0 saturated heterocycles. The summed E-state index contributed by atoms with van der Waals surface area (Å²) < 4.78 is 16.1. The van der Waals surface area contributed by atoms with E-state index >= 15 is 0 Å². The van der Waals surface area contributed by atoms with Crippen molar-refractivity contribution in [3.8, 4) is 5.75 Å². The zero-order valence-corrected chi connectivity index (χ0v) is 17.3. The van der Waals surface area contributed by atoms with Crippen molar-refractivity contribution in [1.82, 2.24) is 5.32 Å². The highest BCUT2D eigenvalue weighted by atomic mass is 16.6. The second kappa shape index (κ2) is 8.27. The topological polar surface area (TPSA) is 94.8 Å². The Morgan fingerprint density at radius 2 is 1.93 bits per heavy atom. The van der Waals surface area contributed by atoms with Crippen molar-refractivity contribution < 1.29 is 23.5 Å². The summed E-state index contributed by atoms with van der Waals surface area (Å²) in [5.74, 6) is -0.337. The van der Waals surface area contributed by atoms with E-state index in [1.54, 1.807) is 39.0 Å². The predicted octanol–water partition coefficient (Wildman–Crippen LogP) is 3.88. The average molecular weight is 401 g/mol. The Morgan fingerprint density at radius 3 is 2.62 bits per heavy atom. The van der Waals surface area contributed by atoms with Crippen molar-refractivity contribution in [1.29, 1.82) is 0 Å². The van der Waals surface area contributed by atoms with Crippen molar-refractivity contribution in [2.75, 3.05) is 0 Å². The molecule has 1 aromatic carbocycles. The third-order valence-electron chi connectivity index (χ3n) is 4.72. The molecule has 1 aromatic heterocycles. The van der Waals surface area contributed by atoms with Crippen molar-refractivity contribution in [2.24, 2.45) is 0 Å². The van der Waals surface area contributed by atoms with Crippen molar-refractivity contribution in [3.05, 3.63) is 39.7 Å². The van der Waals surface area contributed by atoms with Gasteiger partial charge in [-0.2, -0.15) is 0 Å². The molecular formula is C22H27NO6. The molecule has 3 rings (SSSR count). The van der Waals surface area contributed by atoms with Crippen LogP contribution >= 0.6 is 0 Å². The van der Waals surface area contributed by atoms with Gasteiger partial charge in [-0.1, -0.05) is 13.3 Å². The summed E-state index contributed by atoms with van der Waals surface area (Å²) >= 11 is 0. The number of rotatable bonds is 5. The summed E-state index contributed by atoms with van der Waals surface area (Å²) in [7, 11) is 0. The van der Waals surface area contributed by atoms with Gasteiger partial charge in [0.2, 0.25) is 0 Å². The molecule has 0 unspecified atom stereocenters. The summed E-state index contributed by atoms with van der Waals surface area (Å²) in [5, 5.41) is 3.43. The lowest BCUT2D eigenvalue weighted by Gasteiger charge is -2.22. The van der Waals surface area contributed by atoms with E-state index in [1.165, 1.54) is 0 Å². The molecule has 1 atom stereocenters. The standard InChI is InChI=1S/C22H27NO6/c1-5-7-17(23-21(26)29-22(2,3)4)20(25)27-13-10-11-15-14-8-6-9-16(14)19(24)28-18(15)12-13/h10-12,17H,5-9H2,1-4H3,(H,23,26)/t17-/m1/s1. The minimum atomic E-state index is -0.836. The Balaban J connectivity index is 1.77. The molecule has 29 heavy (non-hydrogen) atoms. The van der Waals surface area contributed by atoms with Crippen LogP contribution in [-0.4, -0.2) is 23.7 Å². The highest BCUT2D eigenvalue weighted by Gasteiger charge is 2.26. The second-order valence-corrected chi connectivity index (χ2v) is 8.27. The second-order valence-electron chi connectivity index (χ2n) is 8.27. The fourth-order valence-electron chi connectivity index (χ4n) is 3.50. The van der Waals surface area contributed by atoms with Crippen LogP contribution in [0.25, 0.3) is 11.0 Å². The van der Waals surface area contributed by atoms with Gasteiger partial charge < -0.3 is 19.2 Å². The molecule has 1 amide bonds. The maximum absolute atomic E-state index is 12.6. The fraction of sp³-hybridized carbons (Fsp3) is 0.500. The third-order valence-corrected chi connectivity index (χ3v) is 4.72. The molecule has 7 heteroatoms. The normalized spacial score (nSPS) is 14.3. The number of alkyl carbamates (subject to hydrolysis) is 1. The first-order valence-corrected chi connectivity index (χ1v) is 9.97. The summed E-state index contributed by atoms with van der Waals surface area (Å²) in [6, 6.07) is 4.19. The SMILES string of the molecule is CCC[C@@H](NC(=O)OC(C)(C)C)C(=O)Oc1ccc2c3c(c(=O)oc2c1)CCC3. The van der Waals surface area contributed by atoms with Gasteiger partial charge in [-0.25, -0.2) is 14.4 Å². The molecule has 2 aromatic rings. The smallest absolute Gasteiger partial charge is 0.408 e. The number of esters is 1. The Bertz CT molecular complexity index is 985. The Kier molecular flexibility index (Phi) is 5.96. The van der Waals surface area contributed by atoms with Crippen LogP contribution < -0.4 is 15.7 Å². The molecular weight excluding hydrogens is 374 g/mol. The van der Waals surface area contributed by atoms with Crippen LogP contribution in [0.3, 0.4) is 0 Å². The lowest BCUT2D eigenvalue weighted by molar-refractivity contribution is -0.137. The first-order valence-electron chi connectivity index (χ1n) is 9.97. The summed E-state index contributed by atoms with van der Waals surface area (Å²) in [5.41, 5.74) is 1.16. The predicted molar refractivity (Wildman–Crippen MR) is 108 cm³/mol. The van der Waals surface area contributed by atoms with Crippen molar-refractivity contribution in [3.63, 3.8) is 0 Å². The molecule has 0 spiro atoms.